The number of hydrogen-bond donors (Lipinski definition) is 0. The second-order valence-corrected chi connectivity index (χ2v) is 8.04. The van der Waals surface area contributed by atoms with Crippen LogP contribution in [-0.2, 0) is 15.6 Å². The third-order valence-corrected chi connectivity index (χ3v) is 5.60. The smallest absolute Gasteiger partial charge is 0.293 e. The Kier molecular flexibility index (Phi) is 4.51. The molecule has 0 unspecified atom stereocenters. The van der Waals surface area contributed by atoms with Crippen molar-refractivity contribution in [2.45, 2.75) is 10.6 Å². The van der Waals surface area contributed by atoms with E-state index in [0.717, 1.165) is 0 Å². The summed E-state index contributed by atoms with van der Waals surface area (Å²) in [6, 6.07) is 14.5. The zero-order valence-corrected chi connectivity index (χ0v) is 15.3. The molecule has 0 atom stereocenters. The van der Waals surface area contributed by atoms with E-state index >= 15 is 0 Å². The van der Waals surface area contributed by atoms with Crippen LogP contribution in [0.1, 0.15) is 5.76 Å². The minimum Gasteiger partial charge on any atom is -0.455 e. The van der Waals surface area contributed by atoms with Gasteiger partial charge in [0.15, 0.2) is 15.6 Å². The molecule has 0 radical (unpaired) electrons. The Labute approximate surface area is 159 Å². The first-order valence-electron chi connectivity index (χ1n) is 7.84. The lowest BCUT2D eigenvalue weighted by atomic mass is 10.3. The van der Waals surface area contributed by atoms with E-state index < -0.39 is 9.84 Å². The molecule has 0 amide bonds. The molecule has 0 aliphatic heterocycles. The van der Waals surface area contributed by atoms with E-state index in [1.54, 1.807) is 30.5 Å². The molecular formula is C18H12ClN3O4S. The molecule has 3 aromatic heterocycles. The fraction of sp³-hybridized carbons (Fsp3) is 0.0556. The summed E-state index contributed by atoms with van der Waals surface area (Å²) in [6.45, 7) is 0. The van der Waals surface area contributed by atoms with Crippen molar-refractivity contribution in [3.63, 3.8) is 0 Å². The van der Waals surface area contributed by atoms with E-state index in [9.17, 15) is 8.42 Å². The van der Waals surface area contributed by atoms with Gasteiger partial charge in [-0.05, 0) is 48.5 Å². The van der Waals surface area contributed by atoms with Gasteiger partial charge in [-0.2, -0.15) is 4.98 Å². The predicted octanol–water partition coefficient (Wildman–Crippen LogP) is 4.02. The van der Waals surface area contributed by atoms with E-state index in [-0.39, 0.29) is 28.1 Å². The Hall–Kier alpha value is -2.97. The molecule has 0 saturated heterocycles. The summed E-state index contributed by atoms with van der Waals surface area (Å²) in [5, 5.41) is 4.33. The van der Waals surface area contributed by atoms with Crippen LogP contribution in [0.2, 0.25) is 5.02 Å². The number of benzene rings is 1. The molecular weight excluding hydrogens is 390 g/mol. The molecule has 0 spiro atoms. The summed E-state index contributed by atoms with van der Waals surface area (Å²) in [4.78, 5) is 8.54. The van der Waals surface area contributed by atoms with Crippen LogP contribution in [0.3, 0.4) is 0 Å². The molecule has 0 bridgehead atoms. The standard InChI is InChI=1S/C18H12ClN3O4S/c19-12-4-7-14(8-5-12)27(23,24)11-13-6-9-16(25-13)18-21-17(22-26-18)15-3-1-2-10-20-15/h1-10H,11H2. The molecule has 9 heteroatoms. The Bertz CT molecular complexity index is 1170. The lowest BCUT2D eigenvalue weighted by Gasteiger charge is -2.02. The number of furan rings is 1. The van der Waals surface area contributed by atoms with Gasteiger partial charge in [-0.1, -0.05) is 22.8 Å². The van der Waals surface area contributed by atoms with Gasteiger partial charge in [0.1, 0.15) is 17.2 Å². The van der Waals surface area contributed by atoms with Crippen molar-refractivity contribution in [1.29, 1.82) is 0 Å². The maximum Gasteiger partial charge on any atom is 0.293 e. The summed E-state index contributed by atoms with van der Waals surface area (Å²) in [6.07, 6.45) is 1.62. The van der Waals surface area contributed by atoms with Gasteiger partial charge >= 0.3 is 0 Å². The highest BCUT2D eigenvalue weighted by atomic mass is 35.5. The van der Waals surface area contributed by atoms with Gasteiger partial charge in [-0.15, -0.1) is 0 Å². The van der Waals surface area contributed by atoms with Crippen LogP contribution in [0.15, 0.2) is 74.6 Å². The molecule has 0 aliphatic rings. The van der Waals surface area contributed by atoms with E-state index in [0.29, 0.717) is 16.5 Å². The van der Waals surface area contributed by atoms with E-state index in [4.69, 9.17) is 20.5 Å². The first-order chi connectivity index (χ1) is 13.0. The summed E-state index contributed by atoms with van der Waals surface area (Å²) in [7, 11) is -3.57. The number of aromatic nitrogens is 3. The normalized spacial score (nSPS) is 11.6. The van der Waals surface area contributed by atoms with Gasteiger partial charge in [0.2, 0.25) is 5.82 Å². The topological polar surface area (TPSA) is 99.1 Å². The largest absolute Gasteiger partial charge is 0.455 e. The number of hydrogen-bond acceptors (Lipinski definition) is 7. The van der Waals surface area contributed by atoms with Crippen LogP contribution in [0, 0.1) is 0 Å². The van der Waals surface area contributed by atoms with E-state index in [1.807, 2.05) is 6.07 Å². The van der Waals surface area contributed by atoms with Crippen LogP contribution in [0.5, 0.6) is 0 Å². The van der Waals surface area contributed by atoms with Crippen LogP contribution in [-0.4, -0.2) is 23.5 Å². The number of sulfone groups is 1. The van der Waals surface area contributed by atoms with Crippen molar-refractivity contribution in [1.82, 2.24) is 15.1 Å². The first kappa shape index (κ1) is 17.4. The van der Waals surface area contributed by atoms with Crippen molar-refractivity contribution < 1.29 is 17.4 Å². The zero-order chi connectivity index (χ0) is 18.9. The first-order valence-corrected chi connectivity index (χ1v) is 9.87. The third-order valence-electron chi connectivity index (χ3n) is 3.70. The summed E-state index contributed by atoms with van der Waals surface area (Å²) in [5.74, 6) is 0.710. The molecule has 7 nitrogen and oxygen atoms in total. The average Bonchev–Trinajstić information content (AvgIpc) is 3.32. The Morgan fingerprint density at radius 2 is 1.81 bits per heavy atom. The second kappa shape index (κ2) is 6.98. The van der Waals surface area contributed by atoms with Crippen LogP contribution in [0.4, 0.5) is 0 Å². The SMILES string of the molecule is O=S(=O)(Cc1ccc(-c2nc(-c3ccccn3)no2)o1)c1ccc(Cl)cc1. The molecule has 0 aliphatic carbocycles. The van der Waals surface area contributed by atoms with Crippen LogP contribution >= 0.6 is 11.6 Å². The zero-order valence-electron chi connectivity index (χ0n) is 13.7. The highest BCUT2D eigenvalue weighted by Gasteiger charge is 2.20. The number of halogens is 1. The van der Waals surface area contributed by atoms with E-state index in [1.165, 1.54) is 24.3 Å². The molecule has 1 aromatic carbocycles. The highest BCUT2D eigenvalue weighted by Crippen LogP contribution is 2.25. The predicted molar refractivity (Wildman–Crippen MR) is 97.6 cm³/mol. The Morgan fingerprint density at radius 1 is 1.00 bits per heavy atom. The maximum atomic E-state index is 12.5. The second-order valence-electron chi connectivity index (χ2n) is 5.62. The molecule has 0 N–H and O–H groups in total. The lowest BCUT2D eigenvalue weighted by Crippen LogP contribution is -2.03. The third kappa shape index (κ3) is 3.76. The summed E-state index contributed by atoms with van der Waals surface area (Å²) in [5.41, 5.74) is 0.560. The number of pyridine rings is 1. The van der Waals surface area contributed by atoms with Gasteiger partial charge in [0.25, 0.3) is 5.89 Å². The van der Waals surface area contributed by atoms with Gasteiger partial charge < -0.3 is 8.94 Å². The monoisotopic (exact) mass is 401 g/mol. The average molecular weight is 402 g/mol. The summed E-state index contributed by atoms with van der Waals surface area (Å²) < 4.78 is 35.7. The van der Waals surface area contributed by atoms with Crippen molar-refractivity contribution in [3.8, 4) is 23.2 Å². The maximum absolute atomic E-state index is 12.5. The minimum atomic E-state index is -3.57. The molecule has 27 heavy (non-hydrogen) atoms. The molecule has 0 fully saturated rings. The highest BCUT2D eigenvalue weighted by molar-refractivity contribution is 7.90. The Balaban J connectivity index is 1.55. The van der Waals surface area contributed by atoms with Crippen LogP contribution in [0.25, 0.3) is 23.2 Å². The quantitative estimate of drug-likeness (QED) is 0.498. The van der Waals surface area contributed by atoms with E-state index in [2.05, 4.69) is 15.1 Å². The number of nitrogens with zero attached hydrogens (tertiary/aromatic N) is 3. The Morgan fingerprint density at radius 3 is 2.56 bits per heavy atom. The fourth-order valence-electron chi connectivity index (χ4n) is 2.41. The fourth-order valence-corrected chi connectivity index (χ4v) is 3.78. The van der Waals surface area contributed by atoms with Gasteiger partial charge in [-0.3, -0.25) is 4.98 Å². The molecule has 4 rings (SSSR count). The van der Waals surface area contributed by atoms with Crippen molar-refractivity contribution in [3.05, 3.63) is 71.6 Å². The number of rotatable bonds is 5. The minimum absolute atomic E-state index is 0.144. The lowest BCUT2D eigenvalue weighted by molar-refractivity contribution is 0.413. The van der Waals surface area contributed by atoms with Gasteiger partial charge in [0.05, 0.1) is 4.90 Å². The molecule has 136 valence electrons. The van der Waals surface area contributed by atoms with Crippen molar-refractivity contribution >= 4 is 21.4 Å². The van der Waals surface area contributed by atoms with Gasteiger partial charge in [0, 0.05) is 11.2 Å². The van der Waals surface area contributed by atoms with Crippen molar-refractivity contribution in [2.75, 3.05) is 0 Å². The van der Waals surface area contributed by atoms with Gasteiger partial charge in [-0.25, -0.2) is 8.42 Å². The van der Waals surface area contributed by atoms with Crippen LogP contribution < -0.4 is 0 Å². The molecule has 4 aromatic rings. The molecule has 0 saturated carbocycles. The van der Waals surface area contributed by atoms with Crippen molar-refractivity contribution in [2.24, 2.45) is 0 Å². The summed E-state index contributed by atoms with van der Waals surface area (Å²) >= 11 is 5.80. The molecule has 3 heterocycles.